The molecule has 1 heterocycles. The number of hydrogen-bond acceptors (Lipinski definition) is 3. The van der Waals surface area contributed by atoms with E-state index >= 15 is 0 Å². The third kappa shape index (κ3) is 4.49. The van der Waals surface area contributed by atoms with E-state index in [1.54, 1.807) is 25.2 Å². The summed E-state index contributed by atoms with van der Waals surface area (Å²) in [5, 5.41) is 4.18. The van der Waals surface area contributed by atoms with Gasteiger partial charge in [0.05, 0.1) is 23.3 Å². The van der Waals surface area contributed by atoms with E-state index in [4.69, 9.17) is 11.6 Å². The van der Waals surface area contributed by atoms with E-state index in [1.165, 1.54) is 4.90 Å². The molecule has 144 valence electrons. The van der Waals surface area contributed by atoms with Gasteiger partial charge in [0.25, 0.3) is 5.91 Å². The average Bonchev–Trinajstić information content (AvgIpc) is 2.71. The summed E-state index contributed by atoms with van der Waals surface area (Å²) in [5.74, 6) is -0.394. The Morgan fingerprint density at radius 1 is 1.11 bits per heavy atom. The van der Waals surface area contributed by atoms with Crippen LogP contribution >= 0.6 is 11.6 Å². The number of pyridine rings is 1. The van der Waals surface area contributed by atoms with Gasteiger partial charge >= 0.3 is 0 Å². The van der Waals surface area contributed by atoms with E-state index in [1.807, 2.05) is 43.3 Å². The molecule has 0 atom stereocenters. The number of halogens is 1. The number of likely N-dealkylation sites (N-methyl/N-ethyl adjacent to an activating group) is 1. The highest BCUT2D eigenvalue weighted by atomic mass is 35.5. The average molecular weight is 396 g/mol. The Balaban J connectivity index is 1.98. The number of aromatic nitrogens is 1. The molecule has 0 aliphatic heterocycles. The van der Waals surface area contributed by atoms with Crippen molar-refractivity contribution in [1.82, 2.24) is 15.2 Å². The highest BCUT2D eigenvalue weighted by Crippen LogP contribution is 2.26. The zero-order valence-electron chi connectivity index (χ0n) is 15.9. The van der Waals surface area contributed by atoms with Crippen LogP contribution in [0.15, 0.2) is 54.6 Å². The molecular weight excluding hydrogens is 374 g/mol. The molecule has 1 aromatic heterocycles. The normalized spacial score (nSPS) is 10.7. The second-order valence-corrected chi connectivity index (χ2v) is 7.03. The number of carbonyl (C=O) groups excluding carboxylic acids is 2. The fraction of sp³-hybridized carbons (Fsp3) is 0.227. The van der Waals surface area contributed by atoms with Crippen LogP contribution in [0, 0.1) is 0 Å². The Morgan fingerprint density at radius 2 is 1.82 bits per heavy atom. The maximum Gasteiger partial charge on any atom is 0.254 e. The summed E-state index contributed by atoms with van der Waals surface area (Å²) in [6.07, 6.45) is 0.850. The summed E-state index contributed by atoms with van der Waals surface area (Å²) in [4.78, 5) is 31.2. The Bertz CT molecular complexity index is 1000. The van der Waals surface area contributed by atoms with E-state index in [-0.39, 0.29) is 18.4 Å². The zero-order chi connectivity index (χ0) is 20.1. The summed E-state index contributed by atoms with van der Waals surface area (Å²) in [5.41, 5.74) is 2.79. The summed E-state index contributed by atoms with van der Waals surface area (Å²) >= 11 is 5.98. The molecule has 0 radical (unpaired) electrons. The highest BCUT2D eigenvalue weighted by molar-refractivity contribution is 6.30. The van der Waals surface area contributed by atoms with Gasteiger partial charge in [0.15, 0.2) is 0 Å². The first-order valence-corrected chi connectivity index (χ1v) is 9.55. The van der Waals surface area contributed by atoms with Crippen LogP contribution in [0.3, 0.4) is 0 Å². The number of carbonyl (C=O) groups is 2. The number of fused-ring (bicyclic) bond motifs is 1. The smallest absolute Gasteiger partial charge is 0.254 e. The van der Waals surface area contributed by atoms with Gasteiger partial charge in [0.2, 0.25) is 5.91 Å². The topological polar surface area (TPSA) is 62.3 Å². The maximum atomic E-state index is 13.1. The summed E-state index contributed by atoms with van der Waals surface area (Å²) in [6, 6.07) is 16.6. The van der Waals surface area contributed by atoms with E-state index in [0.29, 0.717) is 22.8 Å². The Hall–Kier alpha value is -2.92. The first kappa shape index (κ1) is 19.8. The molecule has 0 fully saturated rings. The van der Waals surface area contributed by atoms with E-state index in [0.717, 1.165) is 22.9 Å². The van der Waals surface area contributed by atoms with Crippen molar-refractivity contribution in [3.8, 4) is 11.3 Å². The SMILES string of the molecule is CCCNC(=O)CN(C)C(=O)c1cc(-c2ccc(Cl)cc2)nc2ccccc12. The van der Waals surface area contributed by atoms with Crippen LogP contribution in [0.5, 0.6) is 0 Å². The number of nitrogens with zero attached hydrogens (tertiary/aromatic N) is 2. The maximum absolute atomic E-state index is 13.1. The summed E-state index contributed by atoms with van der Waals surface area (Å²) in [7, 11) is 1.63. The van der Waals surface area contributed by atoms with Crippen molar-refractivity contribution >= 4 is 34.3 Å². The minimum absolute atomic E-state index is 0.00572. The van der Waals surface area contributed by atoms with Gasteiger partial charge in [-0.05, 0) is 30.7 Å². The third-order valence-corrected chi connectivity index (χ3v) is 4.64. The highest BCUT2D eigenvalue weighted by Gasteiger charge is 2.19. The van der Waals surface area contributed by atoms with Gasteiger partial charge in [-0.1, -0.05) is 48.9 Å². The quantitative estimate of drug-likeness (QED) is 0.681. The third-order valence-electron chi connectivity index (χ3n) is 4.39. The van der Waals surface area contributed by atoms with Crippen molar-refractivity contribution in [2.24, 2.45) is 0 Å². The molecule has 6 heteroatoms. The lowest BCUT2D eigenvalue weighted by Gasteiger charge is -2.18. The van der Waals surface area contributed by atoms with Gasteiger partial charge in [-0.2, -0.15) is 0 Å². The van der Waals surface area contributed by atoms with Crippen LogP contribution in [0.2, 0.25) is 5.02 Å². The summed E-state index contributed by atoms with van der Waals surface area (Å²) in [6.45, 7) is 2.59. The molecule has 5 nitrogen and oxygen atoms in total. The standard InChI is InChI=1S/C22H22ClN3O2/c1-3-12-24-21(27)14-26(2)22(28)18-13-20(15-8-10-16(23)11-9-15)25-19-7-5-4-6-17(18)19/h4-11,13H,3,12,14H2,1-2H3,(H,24,27). The van der Waals surface area contributed by atoms with Gasteiger partial charge in [-0.3, -0.25) is 9.59 Å². The molecule has 0 aliphatic rings. The van der Waals surface area contributed by atoms with Crippen LogP contribution in [-0.2, 0) is 4.79 Å². The lowest BCUT2D eigenvalue weighted by atomic mass is 10.0. The molecule has 0 spiro atoms. The Labute approximate surface area is 169 Å². The van der Waals surface area contributed by atoms with Gasteiger partial charge in [-0.15, -0.1) is 0 Å². The van der Waals surface area contributed by atoms with Gasteiger partial charge < -0.3 is 10.2 Å². The molecule has 1 N–H and O–H groups in total. The minimum Gasteiger partial charge on any atom is -0.355 e. The summed E-state index contributed by atoms with van der Waals surface area (Å²) < 4.78 is 0. The van der Waals surface area contributed by atoms with Crippen LogP contribution in [-0.4, -0.2) is 41.8 Å². The van der Waals surface area contributed by atoms with Crippen LogP contribution < -0.4 is 5.32 Å². The monoisotopic (exact) mass is 395 g/mol. The number of nitrogens with one attached hydrogen (secondary N) is 1. The molecule has 0 bridgehead atoms. The molecule has 2 aromatic carbocycles. The van der Waals surface area contributed by atoms with Gasteiger partial charge in [-0.25, -0.2) is 4.98 Å². The Morgan fingerprint density at radius 3 is 2.54 bits per heavy atom. The van der Waals surface area contributed by atoms with Crippen molar-refractivity contribution in [1.29, 1.82) is 0 Å². The molecule has 0 aliphatic carbocycles. The minimum atomic E-state index is -0.222. The lowest BCUT2D eigenvalue weighted by molar-refractivity contribution is -0.121. The lowest BCUT2D eigenvalue weighted by Crippen LogP contribution is -2.38. The predicted octanol–water partition coefficient (Wildman–Crippen LogP) is 4.15. The van der Waals surface area contributed by atoms with Gasteiger partial charge in [0, 0.05) is 29.6 Å². The zero-order valence-corrected chi connectivity index (χ0v) is 16.7. The van der Waals surface area contributed by atoms with Crippen molar-refractivity contribution in [3.63, 3.8) is 0 Å². The molecule has 0 saturated heterocycles. The fourth-order valence-corrected chi connectivity index (χ4v) is 3.06. The second-order valence-electron chi connectivity index (χ2n) is 6.59. The van der Waals surface area contributed by atoms with Crippen molar-refractivity contribution in [2.45, 2.75) is 13.3 Å². The fourth-order valence-electron chi connectivity index (χ4n) is 2.93. The number of amides is 2. The predicted molar refractivity (Wildman–Crippen MR) is 112 cm³/mol. The number of benzene rings is 2. The molecule has 2 amide bonds. The number of para-hydroxylation sites is 1. The largest absolute Gasteiger partial charge is 0.355 e. The number of rotatable bonds is 6. The van der Waals surface area contributed by atoms with Crippen LogP contribution in [0.4, 0.5) is 0 Å². The molecule has 3 rings (SSSR count). The molecule has 0 unspecified atom stereocenters. The van der Waals surface area contributed by atoms with Gasteiger partial charge in [0.1, 0.15) is 0 Å². The molecule has 0 saturated carbocycles. The van der Waals surface area contributed by atoms with E-state index < -0.39 is 0 Å². The molecule has 28 heavy (non-hydrogen) atoms. The van der Waals surface area contributed by atoms with Crippen molar-refractivity contribution < 1.29 is 9.59 Å². The van der Waals surface area contributed by atoms with Crippen LogP contribution in [0.25, 0.3) is 22.2 Å². The van der Waals surface area contributed by atoms with Crippen molar-refractivity contribution in [3.05, 3.63) is 65.2 Å². The first-order chi connectivity index (χ1) is 13.5. The second kappa shape index (κ2) is 8.85. The molecule has 3 aromatic rings. The van der Waals surface area contributed by atoms with E-state index in [2.05, 4.69) is 10.3 Å². The first-order valence-electron chi connectivity index (χ1n) is 9.17. The van der Waals surface area contributed by atoms with Crippen LogP contribution in [0.1, 0.15) is 23.7 Å². The number of hydrogen-bond donors (Lipinski definition) is 1. The molecular formula is C22H22ClN3O2. The van der Waals surface area contributed by atoms with Crippen molar-refractivity contribution in [2.75, 3.05) is 20.1 Å². The van der Waals surface area contributed by atoms with E-state index in [9.17, 15) is 9.59 Å². The Kier molecular flexibility index (Phi) is 6.26.